The summed E-state index contributed by atoms with van der Waals surface area (Å²) in [4.78, 5) is 9.51. The molecule has 3 heterocycles. The SMILES string of the molecule is CNc1nc2cc(OCCCCN3CCN(c4cccc5c4OCCO5)CC3)ccc2s1. The van der Waals surface area contributed by atoms with Gasteiger partial charge in [-0.25, -0.2) is 4.98 Å². The van der Waals surface area contributed by atoms with Crippen LogP contribution in [-0.4, -0.2) is 69.5 Å². The van der Waals surface area contributed by atoms with Crippen molar-refractivity contribution in [3.05, 3.63) is 36.4 Å². The topological polar surface area (TPSA) is 59.1 Å². The van der Waals surface area contributed by atoms with Gasteiger partial charge in [0.2, 0.25) is 0 Å². The van der Waals surface area contributed by atoms with Crippen LogP contribution in [0.5, 0.6) is 17.2 Å². The first-order valence-corrected chi connectivity index (χ1v) is 12.2. The van der Waals surface area contributed by atoms with Gasteiger partial charge in [0.25, 0.3) is 0 Å². The molecule has 3 aromatic rings. The molecule has 7 nitrogen and oxygen atoms in total. The lowest BCUT2D eigenvalue weighted by molar-refractivity contribution is 0.171. The van der Waals surface area contributed by atoms with Crippen LogP contribution in [0, 0.1) is 0 Å². The number of hydrogen-bond donors (Lipinski definition) is 1. The molecule has 0 aliphatic carbocycles. The van der Waals surface area contributed by atoms with E-state index in [0.717, 1.165) is 85.8 Å². The fourth-order valence-corrected chi connectivity index (χ4v) is 5.05. The van der Waals surface area contributed by atoms with Gasteiger partial charge in [-0.05, 0) is 43.7 Å². The van der Waals surface area contributed by atoms with E-state index in [1.807, 2.05) is 25.2 Å². The van der Waals surface area contributed by atoms with Crippen LogP contribution in [0.15, 0.2) is 36.4 Å². The number of unbranched alkanes of at least 4 members (excludes halogenated alkanes) is 1. The smallest absolute Gasteiger partial charge is 0.184 e. The Labute approximate surface area is 192 Å². The highest BCUT2D eigenvalue weighted by atomic mass is 32.1. The minimum atomic E-state index is 0.626. The number of nitrogens with zero attached hydrogens (tertiary/aromatic N) is 3. The Morgan fingerprint density at radius 3 is 2.81 bits per heavy atom. The fourth-order valence-electron chi connectivity index (χ4n) is 4.25. The maximum Gasteiger partial charge on any atom is 0.184 e. The van der Waals surface area contributed by atoms with Gasteiger partial charge in [-0.15, -0.1) is 0 Å². The molecule has 0 spiro atoms. The van der Waals surface area contributed by atoms with Gasteiger partial charge in [0.15, 0.2) is 16.6 Å². The lowest BCUT2D eigenvalue weighted by Gasteiger charge is -2.37. The Balaban J connectivity index is 1.04. The van der Waals surface area contributed by atoms with Crippen LogP contribution in [-0.2, 0) is 0 Å². The number of para-hydroxylation sites is 1. The van der Waals surface area contributed by atoms with Gasteiger partial charge in [-0.1, -0.05) is 17.4 Å². The van der Waals surface area contributed by atoms with E-state index in [1.54, 1.807) is 11.3 Å². The molecule has 5 rings (SSSR count). The van der Waals surface area contributed by atoms with Crippen molar-refractivity contribution in [3.8, 4) is 17.2 Å². The molecule has 32 heavy (non-hydrogen) atoms. The minimum absolute atomic E-state index is 0.626. The zero-order valence-corrected chi connectivity index (χ0v) is 19.3. The second kappa shape index (κ2) is 9.83. The van der Waals surface area contributed by atoms with Crippen molar-refractivity contribution in [2.75, 3.05) is 69.8 Å². The van der Waals surface area contributed by atoms with Crippen LogP contribution in [0.2, 0.25) is 0 Å². The summed E-state index contributed by atoms with van der Waals surface area (Å²) in [6, 6.07) is 12.3. The van der Waals surface area contributed by atoms with Gasteiger partial charge < -0.3 is 24.4 Å². The average molecular weight is 455 g/mol. The molecular weight excluding hydrogens is 424 g/mol. The average Bonchev–Trinajstić information content (AvgIpc) is 3.26. The molecule has 2 aliphatic rings. The number of thiazole rings is 1. The van der Waals surface area contributed by atoms with Crippen LogP contribution in [0.4, 0.5) is 10.8 Å². The fraction of sp³-hybridized carbons (Fsp3) is 0.458. The molecule has 0 bridgehead atoms. The number of piperazine rings is 1. The molecule has 0 unspecified atom stereocenters. The number of aromatic nitrogens is 1. The van der Waals surface area contributed by atoms with Gasteiger partial charge in [0.05, 0.1) is 22.5 Å². The van der Waals surface area contributed by atoms with Crippen LogP contribution >= 0.6 is 11.3 Å². The maximum absolute atomic E-state index is 5.97. The van der Waals surface area contributed by atoms with E-state index in [1.165, 1.54) is 4.70 Å². The Morgan fingerprint density at radius 1 is 1.06 bits per heavy atom. The molecule has 0 amide bonds. The highest BCUT2D eigenvalue weighted by Crippen LogP contribution is 2.39. The number of benzene rings is 2. The summed E-state index contributed by atoms with van der Waals surface area (Å²) in [5, 5.41) is 4.03. The van der Waals surface area contributed by atoms with Crippen molar-refractivity contribution in [1.29, 1.82) is 0 Å². The van der Waals surface area contributed by atoms with Crippen molar-refractivity contribution in [3.63, 3.8) is 0 Å². The zero-order chi connectivity index (χ0) is 21.8. The van der Waals surface area contributed by atoms with Gasteiger partial charge in [0, 0.05) is 39.3 Å². The molecule has 1 fully saturated rings. The largest absolute Gasteiger partial charge is 0.494 e. The van der Waals surface area contributed by atoms with Crippen LogP contribution in [0.25, 0.3) is 10.2 Å². The number of anilines is 2. The molecule has 0 radical (unpaired) electrons. The van der Waals surface area contributed by atoms with Crippen molar-refractivity contribution >= 4 is 32.4 Å². The third-order valence-corrected chi connectivity index (χ3v) is 7.02. The monoisotopic (exact) mass is 454 g/mol. The van der Waals surface area contributed by atoms with E-state index in [2.05, 4.69) is 38.3 Å². The van der Waals surface area contributed by atoms with Gasteiger partial charge >= 0.3 is 0 Å². The number of hydrogen-bond acceptors (Lipinski definition) is 8. The summed E-state index contributed by atoms with van der Waals surface area (Å²) in [5.74, 6) is 2.67. The summed E-state index contributed by atoms with van der Waals surface area (Å²) in [6.07, 6.45) is 2.19. The number of fused-ring (bicyclic) bond motifs is 2. The molecule has 8 heteroatoms. The van der Waals surface area contributed by atoms with E-state index in [4.69, 9.17) is 14.2 Å². The molecule has 1 N–H and O–H groups in total. The van der Waals surface area contributed by atoms with Crippen molar-refractivity contribution in [2.45, 2.75) is 12.8 Å². The highest BCUT2D eigenvalue weighted by molar-refractivity contribution is 7.22. The summed E-state index contributed by atoms with van der Waals surface area (Å²) < 4.78 is 18.8. The quantitative estimate of drug-likeness (QED) is 0.515. The third-order valence-electron chi connectivity index (χ3n) is 5.97. The predicted octanol–water partition coefficient (Wildman–Crippen LogP) is 4.09. The summed E-state index contributed by atoms with van der Waals surface area (Å²) >= 11 is 1.66. The predicted molar refractivity (Wildman–Crippen MR) is 130 cm³/mol. The minimum Gasteiger partial charge on any atom is -0.494 e. The zero-order valence-electron chi connectivity index (χ0n) is 18.5. The van der Waals surface area contributed by atoms with Crippen molar-refractivity contribution in [1.82, 2.24) is 9.88 Å². The Morgan fingerprint density at radius 2 is 1.94 bits per heavy atom. The van der Waals surface area contributed by atoms with Crippen molar-refractivity contribution in [2.24, 2.45) is 0 Å². The summed E-state index contributed by atoms with van der Waals surface area (Å²) in [5.41, 5.74) is 2.15. The first-order valence-electron chi connectivity index (χ1n) is 11.4. The van der Waals surface area contributed by atoms with E-state index >= 15 is 0 Å². The summed E-state index contributed by atoms with van der Waals surface area (Å²) in [6.45, 7) is 7.27. The standard InChI is InChI=1S/C24H30N4O3S/c1-25-24-26-19-17-18(7-8-22(19)32-24)29-14-3-2-9-27-10-12-28(13-11-27)20-5-4-6-21-23(20)31-16-15-30-21/h4-8,17H,2-3,9-16H2,1H3,(H,25,26). The first-order chi connectivity index (χ1) is 15.8. The Hall–Kier alpha value is -2.71. The number of nitrogens with one attached hydrogen (secondary N) is 1. The van der Waals surface area contributed by atoms with Gasteiger partial charge in [-0.2, -0.15) is 0 Å². The Kier molecular flexibility index (Phi) is 6.50. The molecule has 1 aromatic heterocycles. The molecule has 2 aliphatic heterocycles. The maximum atomic E-state index is 5.97. The van der Waals surface area contributed by atoms with E-state index in [-0.39, 0.29) is 0 Å². The number of rotatable bonds is 8. The molecule has 0 saturated carbocycles. The molecule has 1 saturated heterocycles. The van der Waals surface area contributed by atoms with E-state index in [0.29, 0.717) is 13.2 Å². The number of ether oxygens (including phenoxy) is 3. The second-order valence-electron chi connectivity index (χ2n) is 8.08. The molecular formula is C24H30N4O3S. The van der Waals surface area contributed by atoms with E-state index in [9.17, 15) is 0 Å². The summed E-state index contributed by atoms with van der Waals surface area (Å²) in [7, 11) is 1.90. The lowest BCUT2D eigenvalue weighted by atomic mass is 10.2. The van der Waals surface area contributed by atoms with Gasteiger partial charge in [-0.3, -0.25) is 4.90 Å². The van der Waals surface area contributed by atoms with Crippen LogP contribution in [0.1, 0.15) is 12.8 Å². The van der Waals surface area contributed by atoms with Crippen LogP contribution in [0.3, 0.4) is 0 Å². The lowest BCUT2D eigenvalue weighted by Crippen LogP contribution is -2.46. The van der Waals surface area contributed by atoms with Crippen LogP contribution < -0.4 is 24.4 Å². The molecule has 170 valence electrons. The highest BCUT2D eigenvalue weighted by Gasteiger charge is 2.23. The Bertz CT molecular complexity index is 1050. The third kappa shape index (κ3) is 4.71. The van der Waals surface area contributed by atoms with Gasteiger partial charge in [0.1, 0.15) is 19.0 Å². The molecule has 2 aromatic carbocycles. The normalized spacial score (nSPS) is 16.3. The van der Waals surface area contributed by atoms with E-state index < -0.39 is 0 Å². The second-order valence-corrected chi connectivity index (χ2v) is 9.11. The first kappa shape index (κ1) is 21.2. The van der Waals surface area contributed by atoms with Crippen molar-refractivity contribution < 1.29 is 14.2 Å². The molecule has 0 atom stereocenters.